The van der Waals surface area contributed by atoms with Crippen molar-refractivity contribution in [2.45, 2.75) is 6.54 Å². The van der Waals surface area contributed by atoms with Gasteiger partial charge in [0, 0.05) is 38.3 Å². The number of nitro groups is 1. The maximum Gasteiger partial charge on any atom is 0.295 e. The third-order valence-corrected chi connectivity index (χ3v) is 4.20. The first-order chi connectivity index (χ1) is 11.5. The Balaban J connectivity index is 1.67. The first-order valence-corrected chi connectivity index (χ1v) is 7.69. The molecule has 7 heteroatoms. The van der Waals surface area contributed by atoms with Gasteiger partial charge < -0.3 is 4.90 Å². The topological polar surface area (TPSA) is 49.6 Å². The Hall–Kier alpha value is -2.54. The van der Waals surface area contributed by atoms with Crippen LogP contribution in [0.4, 0.5) is 20.2 Å². The van der Waals surface area contributed by atoms with E-state index >= 15 is 0 Å². The molecule has 0 bridgehead atoms. The van der Waals surface area contributed by atoms with Gasteiger partial charge in [-0.3, -0.25) is 15.0 Å². The van der Waals surface area contributed by atoms with Gasteiger partial charge in [-0.05, 0) is 18.2 Å². The molecule has 0 saturated carbocycles. The van der Waals surface area contributed by atoms with Crippen molar-refractivity contribution in [3.63, 3.8) is 0 Å². The van der Waals surface area contributed by atoms with Crippen LogP contribution in [-0.2, 0) is 6.54 Å². The zero-order valence-electron chi connectivity index (χ0n) is 13.0. The average molecular weight is 333 g/mol. The number of piperazine rings is 1. The molecule has 0 radical (unpaired) electrons. The Labute approximate surface area is 138 Å². The van der Waals surface area contributed by atoms with Crippen LogP contribution >= 0.6 is 0 Å². The average Bonchev–Trinajstić information content (AvgIpc) is 2.58. The summed E-state index contributed by atoms with van der Waals surface area (Å²) in [5.41, 5.74) is 0.836. The quantitative estimate of drug-likeness (QED) is 0.637. The first-order valence-electron chi connectivity index (χ1n) is 7.69. The van der Waals surface area contributed by atoms with Gasteiger partial charge in [0.25, 0.3) is 5.69 Å². The third kappa shape index (κ3) is 3.51. The Bertz CT molecular complexity index is 746. The highest BCUT2D eigenvalue weighted by Crippen LogP contribution is 2.29. The highest BCUT2D eigenvalue weighted by molar-refractivity contribution is 5.63. The van der Waals surface area contributed by atoms with Crippen molar-refractivity contribution in [3.05, 3.63) is 69.8 Å². The van der Waals surface area contributed by atoms with Crippen LogP contribution in [0.25, 0.3) is 0 Å². The van der Waals surface area contributed by atoms with Crippen molar-refractivity contribution >= 4 is 11.4 Å². The smallest absolute Gasteiger partial charge is 0.295 e. The fourth-order valence-electron chi connectivity index (χ4n) is 2.92. The van der Waals surface area contributed by atoms with E-state index in [-0.39, 0.29) is 11.5 Å². The van der Waals surface area contributed by atoms with E-state index in [1.807, 2.05) is 4.90 Å². The van der Waals surface area contributed by atoms with Crippen molar-refractivity contribution in [3.8, 4) is 0 Å². The fourth-order valence-corrected chi connectivity index (χ4v) is 2.92. The second kappa shape index (κ2) is 6.92. The van der Waals surface area contributed by atoms with Gasteiger partial charge in [0.15, 0.2) is 0 Å². The Morgan fingerprint density at radius 1 is 1.04 bits per heavy atom. The summed E-state index contributed by atoms with van der Waals surface area (Å²) < 4.78 is 27.0. The number of nitrogens with zero attached hydrogens (tertiary/aromatic N) is 3. The number of anilines is 1. The van der Waals surface area contributed by atoms with Crippen LogP contribution in [0.2, 0.25) is 0 Å². The summed E-state index contributed by atoms with van der Waals surface area (Å²) >= 11 is 0. The molecule has 2 aromatic carbocycles. The van der Waals surface area contributed by atoms with E-state index in [1.165, 1.54) is 18.2 Å². The summed E-state index contributed by atoms with van der Waals surface area (Å²) in [6, 6.07) is 10.3. The van der Waals surface area contributed by atoms with Crippen LogP contribution in [0.3, 0.4) is 0 Å². The minimum absolute atomic E-state index is 0.224. The predicted molar refractivity (Wildman–Crippen MR) is 86.9 cm³/mol. The lowest BCUT2D eigenvalue weighted by Gasteiger charge is -2.35. The zero-order valence-corrected chi connectivity index (χ0v) is 13.0. The van der Waals surface area contributed by atoms with Crippen LogP contribution in [0.5, 0.6) is 0 Å². The Morgan fingerprint density at radius 2 is 1.75 bits per heavy atom. The molecule has 1 heterocycles. The molecule has 0 atom stereocenters. The third-order valence-electron chi connectivity index (χ3n) is 4.20. The molecule has 0 amide bonds. The molecular weight excluding hydrogens is 316 g/mol. The predicted octanol–water partition coefficient (Wildman–Crippen LogP) is 3.20. The van der Waals surface area contributed by atoms with Crippen LogP contribution < -0.4 is 4.90 Å². The van der Waals surface area contributed by atoms with Crippen molar-refractivity contribution in [1.82, 2.24) is 4.90 Å². The van der Waals surface area contributed by atoms with Crippen molar-refractivity contribution in [2.24, 2.45) is 0 Å². The van der Waals surface area contributed by atoms with Crippen molar-refractivity contribution < 1.29 is 13.7 Å². The van der Waals surface area contributed by atoms with Gasteiger partial charge in [-0.2, -0.15) is 0 Å². The molecule has 1 fully saturated rings. The maximum absolute atomic E-state index is 13.7. The van der Waals surface area contributed by atoms with Crippen LogP contribution in [0.15, 0.2) is 42.5 Å². The summed E-state index contributed by atoms with van der Waals surface area (Å²) in [5, 5.41) is 11.1. The van der Waals surface area contributed by atoms with E-state index in [9.17, 15) is 18.9 Å². The molecule has 1 saturated heterocycles. The summed E-state index contributed by atoms with van der Waals surface area (Å²) in [7, 11) is 0. The second-order valence-electron chi connectivity index (χ2n) is 5.74. The monoisotopic (exact) mass is 333 g/mol. The molecule has 5 nitrogen and oxygen atoms in total. The lowest BCUT2D eigenvalue weighted by atomic mass is 10.1. The van der Waals surface area contributed by atoms with E-state index in [0.29, 0.717) is 44.0 Å². The van der Waals surface area contributed by atoms with Gasteiger partial charge >= 0.3 is 0 Å². The van der Waals surface area contributed by atoms with Gasteiger partial charge in [-0.25, -0.2) is 8.78 Å². The molecule has 0 spiro atoms. The van der Waals surface area contributed by atoms with E-state index in [4.69, 9.17) is 0 Å². The van der Waals surface area contributed by atoms with Gasteiger partial charge in [0.05, 0.1) is 11.0 Å². The molecule has 126 valence electrons. The van der Waals surface area contributed by atoms with Crippen molar-refractivity contribution in [1.29, 1.82) is 0 Å². The number of benzene rings is 2. The highest BCUT2D eigenvalue weighted by Gasteiger charge is 2.24. The lowest BCUT2D eigenvalue weighted by molar-refractivity contribution is -0.384. The minimum Gasteiger partial charge on any atom is -0.363 e. The van der Waals surface area contributed by atoms with E-state index < -0.39 is 10.7 Å². The molecule has 0 unspecified atom stereocenters. The SMILES string of the molecule is O=[N+]([O-])c1cc(F)ccc1N1CCN(Cc2ccccc2F)CC1. The molecule has 1 aliphatic heterocycles. The zero-order chi connectivity index (χ0) is 17.1. The normalized spacial score (nSPS) is 15.5. The number of nitro benzene ring substituents is 1. The fraction of sp³-hybridized carbons (Fsp3) is 0.294. The van der Waals surface area contributed by atoms with Crippen LogP contribution in [0.1, 0.15) is 5.56 Å². The van der Waals surface area contributed by atoms with Crippen LogP contribution in [-0.4, -0.2) is 36.0 Å². The van der Waals surface area contributed by atoms with Gasteiger partial charge in [0.1, 0.15) is 17.3 Å². The lowest BCUT2D eigenvalue weighted by Crippen LogP contribution is -2.46. The van der Waals surface area contributed by atoms with Gasteiger partial charge in [0.2, 0.25) is 0 Å². The van der Waals surface area contributed by atoms with Crippen LogP contribution in [0, 0.1) is 21.7 Å². The first kappa shape index (κ1) is 16.3. The summed E-state index contributed by atoms with van der Waals surface area (Å²) in [4.78, 5) is 14.5. The van der Waals surface area contributed by atoms with Gasteiger partial charge in [-0.15, -0.1) is 0 Å². The molecule has 1 aliphatic rings. The largest absolute Gasteiger partial charge is 0.363 e. The summed E-state index contributed by atoms with van der Waals surface area (Å²) in [6.07, 6.45) is 0. The Morgan fingerprint density at radius 3 is 2.42 bits per heavy atom. The number of hydrogen-bond acceptors (Lipinski definition) is 4. The number of halogens is 2. The van der Waals surface area contributed by atoms with E-state index in [2.05, 4.69) is 4.90 Å². The maximum atomic E-state index is 13.7. The molecular formula is C17H17F2N3O2. The minimum atomic E-state index is -0.622. The molecule has 3 rings (SSSR count). The highest BCUT2D eigenvalue weighted by atomic mass is 19.1. The molecule has 2 aromatic rings. The van der Waals surface area contributed by atoms with Gasteiger partial charge in [-0.1, -0.05) is 18.2 Å². The molecule has 0 aliphatic carbocycles. The summed E-state index contributed by atoms with van der Waals surface area (Å²) in [6.45, 7) is 2.96. The summed E-state index contributed by atoms with van der Waals surface area (Å²) in [5.74, 6) is -0.849. The van der Waals surface area contributed by atoms with Crippen molar-refractivity contribution in [2.75, 3.05) is 31.1 Å². The number of hydrogen-bond donors (Lipinski definition) is 0. The molecule has 0 N–H and O–H groups in total. The van der Waals surface area contributed by atoms with E-state index in [0.717, 1.165) is 6.07 Å². The standard InChI is InChI=1S/C17H17F2N3O2/c18-14-5-6-16(17(11-14)22(23)24)21-9-7-20(8-10-21)12-13-3-1-2-4-15(13)19/h1-6,11H,7-10,12H2. The Kier molecular flexibility index (Phi) is 4.71. The van der Waals surface area contributed by atoms with E-state index in [1.54, 1.807) is 18.2 Å². The molecule has 24 heavy (non-hydrogen) atoms. The second-order valence-corrected chi connectivity index (χ2v) is 5.74. The molecule has 0 aromatic heterocycles. The number of rotatable bonds is 4.